The smallest absolute Gasteiger partial charge is 0.259 e. The van der Waals surface area contributed by atoms with Crippen molar-refractivity contribution in [3.8, 4) is 0 Å². The number of amides is 1. The lowest BCUT2D eigenvalue weighted by Gasteiger charge is -2.04. The predicted molar refractivity (Wildman–Crippen MR) is 35.1 cm³/mol. The van der Waals surface area contributed by atoms with Crippen LogP contribution < -0.4 is 5.48 Å². The summed E-state index contributed by atoms with van der Waals surface area (Å²) >= 11 is 0. The van der Waals surface area contributed by atoms with Gasteiger partial charge < -0.3 is 10.7 Å². The number of nitrogens with zero attached hydrogens (tertiary/aromatic N) is 1. The Morgan fingerprint density at radius 3 is 2.90 bits per heavy atom. The maximum absolute atomic E-state index is 10.5. The largest absolute Gasteiger partial charge is 0.759 e. The third kappa shape index (κ3) is 1.29. The van der Waals surface area contributed by atoms with E-state index in [9.17, 15) is 10.0 Å². The summed E-state index contributed by atoms with van der Waals surface area (Å²) in [5, 5.41) is 9.79. The Bertz CT molecular complexity index is 222. The molecule has 0 saturated carbocycles. The first kappa shape index (κ1) is 6.70. The van der Waals surface area contributed by atoms with Gasteiger partial charge >= 0.3 is 0 Å². The van der Waals surface area contributed by atoms with Crippen molar-refractivity contribution in [2.75, 3.05) is 0 Å². The molecule has 0 spiro atoms. The SMILES string of the molecule is O=C(N[O-])c1ccccn1. The van der Waals surface area contributed by atoms with E-state index in [0.717, 1.165) is 0 Å². The van der Waals surface area contributed by atoms with Crippen molar-refractivity contribution in [1.82, 2.24) is 10.5 Å². The molecule has 1 N–H and O–H groups in total. The lowest BCUT2D eigenvalue weighted by molar-refractivity contribution is 0.0965. The molecule has 0 unspecified atom stereocenters. The second-order valence-corrected chi connectivity index (χ2v) is 1.65. The van der Waals surface area contributed by atoms with Crippen LogP contribution in [0.25, 0.3) is 0 Å². The first-order chi connectivity index (χ1) is 4.84. The molecule has 1 aromatic heterocycles. The van der Waals surface area contributed by atoms with Crippen LogP contribution in [0.2, 0.25) is 0 Å². The summed E-state index contributed by atoms with van der Waals surface area (Å²) in [6.45, 7) is 0. The van der Waals surface area contributed by atoms with Gasteiger partial charge in [-0.2, -0.15) is 0 Å². The summed E-state index contributed by atoms with van der Waals surface area (Å²) in [5.41, 5.74) is 1.37. The number of hydroxylamine groups is 1. The first-order valence-electron chi connectivity index (χ1n) is 2.68. The van der Waals surface area contributed by atoms with E-state index in [4.69, 9.17) is 0 Å². The Hall–Kier alpha value is -1.42. The van der Waals surface area contributed by atoms with Gasteiger partial charge in [0, 0.05) is 6.20 Å². The van der Waals surface area contributed by atoms with Crippen molar-refractivity contribution in [2.24, 2.45) is 0 Å². The fraction of sp³-hybridized carbons (Fsp3) is 0. The summed E-state index contributed by atoms with van der Waals surface area (Å²) in [7, 11) is 0. The molecule has 0 aliphatic carbocycles. The molecule has 0 aromatic carbocycles. The Morgan fingerprint density at radius 2 is 2.40 bits per heavy atom. The minimum Gasteiger partial charge on any atom is -0.759 e. The van der Waals surface area contributed by atoms with Crippen molar-refractivity contribution in [3.05, 3.63) is 35.3 Å². The lowest BCUT2D eigenvalue weighted by Crippen LogP contribution is -2.16. The molecule has 1 amide bonds. The van der Waals surface area contributed by atoms with E-state index < -0.39 is 5.91 Å². The number of nitrogens with one attached hydrogen (secondary N) is 1. The quantitative estimate of drug-likeness (QED) is 0.566. The number of aromatic nitrogens is 1. The minimum absolute atomic E-state index is 0.137. The van der Waals surface area contributed by atoms with Crippen molar-refractivity contribution in [2.45, 2.75) is 0 Å². The van der Waals surface area contributed by atoms with Crippen LogP contribution in [0.15, 0.2) is 24.4 Å². The maximum atomic E-state index is 10.5. The van der Waals surface area contributed by atoms with Crippen molar-refractivity contribution in [3.63, 3.8) is 0 Å². The van der Waals surface area contributed by atoms with Crippen LogP contribution >= 0.6 is 0 Å². The maximum Gasteiger partial charge on any atom is 0.259 e. The summed E-state index contributed by atoms with van der Waals surface area (Å²) < 4.78 is 0. The molecule has 1 heterocycles. The summed E-state index contributed by atoms with van der Waals surface area (Å²) in [4.78, 5) is 14.2. The van der Waals surface area contributed by atoms with E-state index in [-0.39, 0.29) is 5.69 Å². The first-order valence-corrected chi connectivity index (χ1v) is 2.68. The molecule has 1 aromatic rings. The number of carbonyl (C=O) groups is 1. The van der Waals surface area contributed by atoms with Gasteiger partial charge in [0.1, 0.15) is 5.69 Å². The summed E-state index contributed by atoms with van der Waals surface area (Å²) in [6.07, 6.45) is 1.45. The van der Waals surface area contributed by atoms with Crippen LogP contribution in [0, 0.1) is 5.21 Å². The lowest BCUT2D eigenvalue weighted by atomic mass is 10.3. The van der Waals surface area contributed by atoms with E-state index >= 15 is 0 Å². The molecule has 1 rings (SSSR count). The summed E-state index contributed by atoms with van der Waals surface area (Å²) in [6, 6.07) is 4.77. The fourth-order valence-electron chi connectivity index (χ4n) is 0.549. The highest BCUT2D eigenvalue weighted by atomic mass is 16.5. The van der Waals surface area contributed by atoms with Gasteiger partial charge in [0.25, 0.3) is 5.91 Å². The Labute approximate surface area is 57.5 Å². The molecular weight excluding hydrogens is 132 g/mol. The van der Waals surface area contributed by atoms with E-state index in [1.54, 1.807) is 12.1 Å². The topological polar surface area (TPSA) is 65.0 Å². The standard InChI is InChI=1S/C6H5N2O2/c9-6(8-10)5-3-1-2-4-7-5/h1-4H,(H-,7,8,9,10)/q-1. The fourth-order valence-corrected chi connectivity index (χ4v) is 0.549. The Kier molecular flexibility index (Phi) is 1.96. The number of hydrogen-bond donors (Lipinski definition) is 1. The number of carbonyl (C=O) groups excluding carboxylic acids is 1. The monoisotopic (exact) mass is 137 g/mol. The van der Waals surface area contributed by atoms with E-state index in [2.05, 4.69) is 4.98 Å². The van der Waals surface area contributed by atoms with E-state index in [1.165, 1.54) is 17.7 Å². The molecule has 0 radical (unpaired) electrons. The van der Waals surface area contributed by atoms with E-state index in [1.807, 2.05) is 0 Å². The predicted octanol–water partition coefficient (Wildman–Crippen LogP) is 0.309. The van der Waals surface area contributed by atoms with Crippen LogP contribution in [0.3, 0.4) is 0 Å². The highest BCUT2D eigenvalue weighted by Crippen LogP contribution is 1.90. The average molecular weight is 137 g/mol. The number of hydrogen-bond acceptors (Lipinski definition) is 3. The van der Waals surface area contributed by atoms with E-state index in [0.29, 0.717) is 0 Å². The third-order valence-electron chi connectivity index (χ3n) is 0.990. The van der Waals surface area contributed by atoms with Crippen LogP contribution in [-0.4, -0.2) is 10.9 Å². The van der Waals surface area contributed by atoms with Crippen LogP contribution in [-0.2, 0) is 0 Å². The van der Waals surface area contributed by atoms with Crippen LogP contribution in [0.4, 0.5) is 0 Å². The molecule has 52 valence electrons. The van der Waals surface area contributed by atoms with Gasteiger partial charge in [-0.25, -0.2) is 0 Å². The molecular formula is C6H5N2O2-. The normalized spacial score (nSPS) is 8.90. The molecule has 0 fully saturated rings. The number of pyridine rings is 1. The highest BCUT2D eigenvalue weighted by Gasteiger charge is 1.97. The minimum atomic E-state index is -0.708. The zero-order valence-corrected chi connectivity index (χ0v) is 5.07. The van der Waals surface area contributed by atoms with Crippen molar-refractivity contribution < 1.29 is 4.79 Å². The molecule has 0 bridgehead atoms. The van der Waals surface area contributed by atoms with Gasteiger partial charge in [-0.1, -0.05) is 6.07 Å². The molecule has 0 aliphatic heterocycles. The zero-order valence-electron chi connectivity index (χ0n) is 5.07. The highest BCUT2D eigenvalue weighted by molar-refractivity contribution is 5.92. The second-order valence-electron chi connectivity index (χ2n) is 1.65. The van der Waals surface area contributed by atoms with Gasteiger partial charge in [0.05, 0.1) is 0 Å². The Morgan fingerprint density at radius 1 is 1.60 bits per heavy atom. The molecule has 4 heteroatoms. The van der Waals surface area contributed by atoms with Crippen LogP contribution in [0.5, 0.6) is 0 Å². The zero-order chi connectivity index (χ0) is 7.40. The van der Waals surface area contributed by atoms with Gasteiger partial charge in [0.2, 0.25) is 0 Å². The number of rotatable bonds is 1. The molecule has 0 aliphatic rings. The summed E-state index contributed by atoms with van der Waals surface area (Å²) in [5.74, 6) is -0.708. The molecule has 0 saturated heterocycles. The van der Waals surface area contributed by atoms with Gasteiger partial charge in [0.15, 0.2) is 0 Å². The second kappa shape index (κ2) is 2.93. The third-order valence-corrected chi connectivity index (χ3v) is 0.990. The molecule has 4 nitrogen and oxygen atoms in total. The van der Waals surface area contributed by atoms with Gasteiger partial charge in [-0.15, -0.1) is 0 Å². The van der Waals surface area contributed by atoms with Crippen molar-refractivity contribution >= 4 is 5.91 Å². The van der Waals surface area contributed by atoms with Gasteiger partial charge in [-0.05, 0) is 12.1 Å². The van der Waals surface area contributed by atoms with Gasteiger partial charge in [-0.3, -0.25) is 9.78 Å². The molecule has 0 atom stereocenters. The molecule has 10 heavy (non-hydrogen) atoms. The van der Waals surface area contributed by atoms with Crippen molar-refractivity contribution in [1.29, 1.82) is 0 Å². The Balaban J connectivity index is 2.85. The van der Waals surface area contributed by atoms with Crippen LogP contribution in [0.1, 0.15) is 10.5 Å². The average Bonchev–Trinajstić information content (AvgIpc) is 2.05.